The predicted octanol–water partition coefficient (Wildman–Crippen LogP) is 2.42. The van der Waals surface area contributed by atoms with Crippen LogP contribution in [-0.4, -0.2) is 38.1 Å². The highest BCUT2D eigenvalue weighted by molar-refractivity contribution is 7.99. The summed E-state index contributed by atoms with van der Waals surface area (Å²) in [6.07, 6.45) is 4.24. The lowest BCUT2D eigenvalue weighted by atomic mass is 9.94. The molecule has 0 unspecified atom stereocenters. The van der Waals surface area contributed by atoms with Crippen LogP contribution in [0.3, 0.4) is 0 Å². The maximum absolute atomic E-state index is 12.3. The molecule has 0 aromatic carbocycles. The van der Waals surface area contributed by atoms with Gasteiger partial charge in [0.1, 0.15) is 5.69 Å². The Morgan fingerprint density at radius 3 is 2.90 bits per heavy atom. The van der Waals surface area contributed by atoms with Gasteiger partial charge < -0.3 is 5.32 Å². The zero-order valence-corrected chi connectivity index (χ0v) is 13.0. The first-order valence-corrected chi connectivity index (χ1v) is 8.21. The van der Waals surface area contributed by atoms with Crippen LogP contribution in [0, 0.1) is 17.0 Å². The van der Waals surface area contributed by atoms with E-state index in [4.69, 9.17) is 0 Å². The summed E-state index contributed by atoms with van der Waals surface area (Å²) in [5.41, 5.74) is -0.0559. The highest BCUT2D eigenvalue weighted by atomic mass is 32.2. The third-order valence-electron chi connectivity index (χ3n) is 3.71. The average molecular weight is 312 g/mol. The molecule has 0 aliphatic heterocycles. The van der Waals surface area contributed by atoms with Gasteiger partial charge in [-0.25, -0.2) is 0 Å². The number of thioether (sulfide) groups is 1. The van der Waals surface area contributed by atoms with Crippen LogP contribution in [0.25, 0.3) is 0 Å². The van der Waals surface area contributed by atoms with E-state index in [2.05, 4.69) is 22.4 Å². The Hall–Kier alpha value is -1.57. The molecule has 0 spiro atoms. The molecule has 116 valence electrons. The summed E-state index contributed by atoms with van der Waals surface area (Å²) in [5.74, 6) is 0.540. The van der Waals surface area contributed by atoms with Gasteiger partial charge in [-0.15, -0.1) is 0 Å². The normalized spacial score (nSPS) is 22.0. The number of carbonyl (C=O) groups is 1. The molecule has 21 heavy (non-hydrogen) atoms. The molecule has 0 saturated heterocycles. The number of nitro groups is 1. The summed E-state index contributed by atoms with van der Waals surface area (Å²) in [6.45, 7) is 3.64. The maximum atomic E-state index is 12.3. The van der Waals surface area contributed by atoms with E-state index in [1.807, 2.05) is 11.8 Å². The number of rotatable bonds is 5. The Kier molecular flexibility index (Phi) is 5.22. The third-order valence-corrected chi connectivity index (χ3v) is 5.04. The molecule has 1 aliphatic carbocycles. The molecular formula is C13H20N4O3S. The van der Waals surface area contributed by atoms with Gasteiger partial charge in [-0.05, 0) is 25.5 Å². The molecule has 8 heteroatoms. The molecule has 1 fully saturated rings. The quantitative estimate of drug-likeness (QED) is 0.642. The summed E-state index contributed by atoms with van der Waals surface area (Å²) < 4.78 is 0. The van der Waals surface area contributed by atoms with Crippen molar-refractivity contribution in [2.45, 2.75) is 50.8 Å². The summed E-state index contributed by atoms with van der Waals surface area (Å²) in [7, 11) is 0. The third kappa shape index (κ3) is 3.55. The first kappa shape index (κ1) is 15.8. The molecule has 2 N–H and O–H groups in total. The highest BCUT2D eigenvalue weighted by Crippen LogP contribution is 2.29. The Morgan fingerprint density at radius 2 is 2.24 bits per heavy atom. The van der Waals surface area contributed by atoms with Crippen molar-refractivity contribution in [2.75, 3.05) is 5.75 Å². The largest absolute Gasteiger partial charge is 0.347 e. The second kappa shape index (κ2) is 6.93. The number of hydrogen-bond donors (Lipinski definition) is 2. The molecule has 2 atom stereocenters. The minimum absolute atomic E-state index is 0.0628. The van der Waals surface area contributed by atoms with Crippen LogP contribution in [0.5, 0.6) is 0 Å². The van der Waals surface area contributed by atoms with Crippen LogP contribution in [0.1, 0.15) is 48.8 Å². The van der Waals surface area contributed by atoms with E-state index in [1.165, 1.54) is 13.3 Å². The predicted molar refractivity (Wildman–Crippen MR) is 81.6 cm³/mol. The minimum atomic E-state index is -0.563. The number of aromatic amines is 1. The van der Waals surface area contributed by atoms with E-state index in [1.54, 1.807) is 0 Å². The van der Waals surface area contributed by atoms with E-state index < -0.39 is 10.8 Å². The maximum Gasteiger partial charge on any atom is 0.322 e. The topological polar surface area (TPSA) is 101 Å². The Balaban J connectivity index is 2.11. The second-order valence-corrected chi connectivity index (χ2v) is 6.68. The van der Waals surface area contributed by atoms with Gasteiger partial charge in [0.05, 0.1) is 4.92 Å². The average Bonchev–Trinajstić information content (AvgIpc) is 2.83. The van der Waals surface area contributed by atoms with Crippen molar-refractivity contribution in [3.63, 3.8) is 0 Å². The Morgan fingerprint density at radius 1 is 1.52 bits per heavy atom. The van der Waals surface area contributed by atoms with Crippen molar-refractivity contribution in [3.8, 4) is 0 Å². The molecule has 1 saturated carbocycles. The van der Waals surface area contributed by atoms with Gasteiger partial charge in [-0.3, -0.25) is 20.0 Å². The van der Waals surface area contributed by atoms with Gasteiger partial charge in [-0.1, -0.05) is 19.8 Å². The van der Waals surface area contributed by atoms with Gasteiger partial charge >= 0.3 is 5.69 Å². The molecule has 1 amide bonds. The second-order valence-electron chi connectivity index (χ2n) is 5.16. The molecule has 0 bridgehead atoms. The van der Waals surface area contributed by atoms with Gasteiger partial charge in [-0.2, -0.15) is 16.9 Å². The zero-order valence-electron chi connectivity index (χ0n) is 12.2. The van der Waals surface area contributed by atoms with E-state index >= 15 is 0 Å². The van der Waals surface area contributed by atoms with Crippen LogP contribution < -0.4 is 5.32 Å². The van der Waals surface area contributed by atoms with Crippen molar-refractivity contribution < 1.29 is 9.72 Å². The van der Waals surface area contributed by atoms with Gasteiger partial charge in [0, 0.05) is 11.3 Å². The number of nitrogens with one attached hydrogen (secondary N) is 2. The Labute approximate surface area is 127 Å². The van der Waals surface area contributed by atoms with Crippen molar-refractivity contribution in [1.29, 1.82) is 0 Å². The number of amides is 1. The standard InChI is InChI=1S/C13H20N4O3S/c1-3-21-10-7-5-4-6-9(10)14-13(18)11-12(17(19)20)8(2)15-16-11/h9-10H,3-7H2,1-2H3,(H,14,18)(H,15,16)/t9-,10-/m0/s1. The molecule has 1 heterocycles. The Bertz CT molecular complexity index is 529. The lowest BCUT2D eigenvalue weighted by Crippen LogP contribution is -2.44. The van der Waals surface area contributed by atoms with E-state index in [9.17, 15) is 14.9 Å². The van der Waals surface area contributed by atoms with Crippen molar-refractivity contribution in [3.05, 3.63) is 21.5 Å². The lowest BCUT2D eigenvalue weighted by Gasteiger charge is -2.31. The van der Waals surface area contributed by atoms with Crippen LogP contribution in [-0.2, 0) is 0 Å². The zero-order chi connectivity index (χ0) is 15.4. The fraction of sp³-hybridized carbons (Fsp3) is 0.692. The number of carbonyl (C=O) groups excluding carboxylic acids is 1. The molecule has 7 nitrogen and oxygen atoms in total. The molecule has 2 rings (SSSR count). The summed E-state index contributed by atoms with van der Waals surface area (Å²) >= 11 is 1.84. The van der Waals surface area contributed by atoms with Gasteiger partial charge in [0.25, 0.3) is 5.91 Å². The number of hydrogen-bond acceptors (Lipinski definition) is 5. The monoisotopic (exact) mass is 312 g/mol. The summed E-state index contributed by atoms with van der Waals surface area (Å²) in [4.78, 5) is 22.8. The van der Waals surface area contributed by atoms with E-state index in [0.29, 0.717) is 10.9 Å². The van der Waals surface area contributed by atoms with Crippen molar-refractivity contribution in [1.82, 2.24) is 15.5 Å². The number of aryl methyl sites for hydroxylation is 1. The fourth-order valence-corrected chi connectivity index (χ4v) is 3.92. The van der Waals surface area contributed by atoms with Crippen LogP contribution in [0.15, 0.2) is 0 Å². The number of H-pyrrole nitrogens is 1. The van der Waals surface area contributed by atoms with Crippen LogP contribution in [0.2, 0.25) is 0 Å². The smallest absolute Gasteiger partial charge is 0.322 e. The van der Waals surface area contributed by atoms with E-state index in [-0.39, 0.29) is 17.4 Å². The molecule has 1 aromatic heterocycles. The minimum Gasteiger partial charge on any atom is -0.347 e. The van der Waals surface area contributed by atoms with Crippen LogP contribution in [0.4, 0.5) is 5.69 Å². The molecular weight excluding hydrogens is 292 g/mol. The van der Waals surface area contributed by atoms with Gasteiger partial charge in [0.2, 0.25) is 5.69 Å². The SMILES string of the molecule is CCS[C@H]1CCCC[C@@H]1NC(=O)c1n[nH]c(C)c1[N+](=O)[O-]. The first-order chi connectivity index (χ1) is 10.0. The van der Waals surface area contributed by atoms with Crippen molar-refractivity contribution >= 4 is 23.4 Å². The van der Waals surface area contributed by atoms with Gasteiger partial charge in [0.15, 0.2) is 0 Å². The van der Waals surface area contributed by atoms with E-state index in [0.717, 1.165) is 25.0 Å². The highest BCUT2D eigenvalue weighted by Gasteiger charge is 2.31. The summed E-state index contributed by atoms with van der Waals surface area (Å²) in [5, 5.41) is 20.6. The first-order valence-electron chi connectivity index (χ1n) is 7.16. The lowest BCUT2D eigenvalue weighted by molar-refractivity contribution is -0.385. The molecule has 1 aromatic rings. The number of aromatic nitrogens is 2. The van der Waals surface area contributed by atoms with Crippen molar-refractivity contribution in [2.24, 2.45) is 0 Å². The number of nitrogens with zero attached hydrogens (tertiary/aromatic N) is 2. The molecule has 0 radical (unpaired) electrons. The molecule has 1 aliphatic rings. The fourth-order valence-electron chi connectivity index (χ4n) is 2.72. The summed E-state index contributed by atoms with van der Waals surface area (Å²) in [6, 6.07) is 0.0628. The van der Waals surface area contributed by atoms with Crippen LogP contribution >= 0.6 is 11.8 Å².